The Morgan fingerprint density at radius 2 is 1.74 bits per heavy atom. The predicted molar refractivity (Wildman–Crippen MR) is 92.9 cm³/mol. The van der Waals surface area contributed by atoms with Crippen LogP contribution in [0.25, 0.3) is 11.3 Å². The molecule has 0 aliphatic heterocycles. The first-order valence-electron chi connectivity index (χ1n) is 7.78. The summed E-state index contributed by atoms with van der Waals surface area (Å²) in [4.78, 5) is 7.41. The lowest BCUT2D eigenvalue weighted by molar-refractivity contribution is -0.139. The quantitative estimate of drug-likeness (QED) is 0.718. The van der Waals surface area contributed by atoms with Crippen molar-refractivity contribution in [3.63, 3.8) is 0 Å². The van der Waals surface area contributed by atoms with Crippen LogP contribution < -0.4 is 4.72 Å². The van der Waals surface area contributed by atoms with Gasteiger partial charge in [-0.25, -0.2) is 13.1 Å². The number of alkyl halides is 3. The van der Waals surface area contributed by atoms with Crippen LogP contribution in [0, 0.1) is 0 Å². The van der Waals surface area contributed by atoms with Gasteiger partial charge in [0.05, 0.1) is 16.2 Å². The van der Waals surface area contributed by atoms with Crippen LogP contribution in [0.3, 0.4) is 0 Å². The number of pyridine rings is 2. The van der Waals surface area contributed by atoms with Crippen molar-refractivity contribution in [1.82, 2.24) is 14.7 Å². The molecular weight excluding hydrogens is 379 g/mol. The van der Waals surface area contributed by atoms with Gasteiger partial charge in [0, 0.05) is 30.7 Å². The first-order valence-corrected chi connectivity index (χ1v) is 9.27. The SMILES string of the molecule is O=S(=O)(NCc1ccc(-c2cccnc2)nc1)c1ccccc1C(F)(F)F. The number of benzene rings is 1. The Morgan fingerprint density at radius 3 is 2.37 bits per heavy atom. The number of halogens is 3. The van der Waals surface area contributed by atoms with Gasteiger partial charge in [-0.3, -0.25) is 9.97 Å². The van der Waals surface area contributed by atoms with Gasteiger partial charge in [-0.15, -0.1) is 0 Å². The van der Waals surface area contributed by atoms with E-state index in [1.807, 2.05) is 6.07 Å². The summed E-state index contributed by atoms with van der Waals surface area (Å²) in [5.74, 6) is 0. The molecule has 0 atom stereocenters. The molecule has 2 heterocycles. The molecule has 2 aromatic heterocycles. The lowest BCUT2D eigenvalue weighted by Crippen LogP contribution is -2.26. The first-order chi connectivity index (χ1) is 12.8. The van der Waals surface area contributed by atoms with Crippen molar-refractivity contribution < 1.29 is 21.6 Å². The van der Waals surface area contributed by atoms with E-state index in [-0.39, 0.29) is 6.54 Å². The van der Waals surface area contributed by atoms with Gasteiger partial charge in [0.1, 0.15) is 0 Å². The molecule has 0 aliphatic carbocycles. The van der Waals surface area contributed by atoms with Gasteiger partial charge in [0.15, 0.2) is 0 Å². The molecular formula is C18H14F3N3O2S. The standard InChI is InChI=1S/C18H14F3N3O2S/c19-18(20,21)15-5-1-2-6-17(15)27(25,26)24-11-13-7-8-16(23-10-13)14-4-3-9-22-12-14/h1-10,12,24H,11H2. The van der Waals surface area contributed by atoms with Crippen LogP contribution in [0.5, 0.6) is 0 Å². The molecule has 140 valence electrons. The van der Waals surface area contributed by atoms with Crippen LogP contribution in [0.2, 0.25) is 0 Å². The maximum Gasteiger partial charge on any atom is 0.417 e. The highest BCUT2D eigenvalue weighted by Crippen LogP contribution is 2.33. The molecule has 27 heavy (non-hydrogen) atoms. The summed E-state index contributed by atoms with van der Waals surface area (Å²) < 4.78 is 65.9. The van der Waals surface area contributed by atoms with Crippen LogP contribution in [0.15, 0.2) is 72.0 Å². The van der Waals surface area contributed by atoms with E-state index < -0.39 is 26.7 Å². The molecule has 0 unspecified atom stereocenters. The number of sulfonamides is 1. The molecule has 0 amide bonds. The number of nitrogens with zero attached hydrogens (tertiary/aromatic N) is 2. The van der Waals surface area contributed by atoms with Crippen LogP contribution in [-0.2, 0) is 22.7 Å². The Morgan fingerprint density at radius 1 is 0.963 bits per heavy atom. The second-order valence-corrected chi connectivity index (χ2v) is 7.35. The van der Waals surface area contributed by atoms with Crippen molar-refractivity contribution >= 4 is 10.0 Å². The fourth-order valence-electron chi connectivity index (χ4n) is 2.41. The Bertz CT molecular complexity index is 1020. The highest BCUT2D eigenvalue weighted by Gasteiger charge is 2.36. The zero-order valence-corrected chi connectivity index (χ0v) is 14.6. The average molecular weight is 393 g/mol. The van der Waals surface area contributed by atoms with Gasteiger partial charge in [-0.05, 0) is 35.9 Å². The molecule has 9 heteroatoms. The van der Waals surface area contributed by atoms with E-state index in [0.717, 1.165) is 23.8 Å². The Labute approximate surface area is 154 Å². The van der Waals surface area contributed by atoms with Gasteiger partial charge < -0.3 is 0 Å². The minimum Gasteiger partial charge on any atom is -0.264 e. The van der Waals surface area contributed by atoms with E-state index in [4.69, 9.17) is 0 Å². The maximum atomic E-state index is 13.0. The van der Waals surface area contributed by atoms with Crippen molar-refractivity contribution in [2.75, 3.05) is 0 Å². The first kappa shape index (κ1) is 19.0. The highest BCUT2D eigenvalue weighted by atomic mass is 32.2. The van der Waals surface area contributed by atoms with Gasteiger partial charge in [-0.1, -0.05) is 18.2 Å². The molecule has 0 fully saturated rings. The summed E-state index contributed by atoms with van der Waals surface area (Å²) in [6.07, 6.45) is -0.0387. The van der Waals surface area contributed by atoms with E-state index in [2.05, 4.69) is 14.7 Å². The number of hydrogen-bond acceptors (Lipinski definition) is 4. The fraction of sp³-hybridized carbons (Fsp3) is 0.111. The maximum absolute atomic E-state index is 13.0. The van der Waals surface area contributed by atoms with Crippen molar-refractivity contribution in [3.8, 4) is 11.3 Å². The summed E-state index contributed by atoms with van der Waals surface area (Å²) in [5.41, 5.74) is 0.749. The second-order valence-electron chi connectivity index (χ2n) is 5.61. The smallest absolute Gasteiger partial charge is 0.264 e. The average Bonchev–Trinajstić information content (AvgIpc) is 2.67. The third-order valence-corrected chi connectivity index (χ3v) is 5.19. The Hall–Kier alpha value is -2.78. The monoisotopic (exact) mass is 393 g/mol. The van der Waals surface area contributed by atoms with E-state index in [1.54, 1.807) is 30.6 Å². The minimum atomic E-state index is -4.77. The summed E-state index contributed by atoms with van der Waals surface area (Å²) in [5, 5.41) is 0. The Balaban J connectivity index is 1.77. The molecule has 0 spiro atoms. The van der Waals surface area contributed by atoms with Crippen LogP contribution in [-0.4, -0.2) is 18.4 Å². The third kappa shape index (κ3) is 4.50. The van der Waals surface area contributed by atoms with Crippen molar-refractivity contribution in [2.24, 2.45) is 0 Å². The van der Waals surface area contributed by atoms with Gasteiger partial charge in [0.2, 0.25) is 10.0 Å². The second kappa shape index (κ2) is 7.45. The third-order valence-electron chi connectivity index (χ3n) is 3.73. The lowest BCUT2D eigenvalue weighted by Gasteiger charge is -2.13. The molecule has 0 bridgehead atoms. The predicted octanol–water partition coefficient (Wildman–Crippen LogP) is 3.64. The molecule has 3 rings (SSSR count). The zero-order valence-electron chi connectivity index (χ0n) is 13.8. The molecule has 1 aromatic carbocycles. The summed E-state index contributed by atoms with van der Waals surface area (Å²) in [6, 6.07) is 11.0. The molecule has 0 saturated heterocycles. The fourth-order valence-corrected chi connectivity index (χ4v) is 3.65. The molecule has 0 aliphatic rings. The minimum absolute atomic E-state index is 0.186. The lowest BCUT2D eigenvalue weighted by atomic mass is 10.1. The topological polar surface area (TPSA) is 72.0 Å². The van der Waals surface area contributed by atoms with Crippen LogP contribution >= 0.6 is 0 Å². The highest BCUT2D eigenvalue weighted by molar-refractivity contribution is 7.89. The summed E-state index contributed by atoms with van der Waals surface area (Å²) in [7, 11) is -4.34. The normalized spacial score (nSPS) is 12.1. The van der Waals surface area contributed by atoms with E-state index in [9.17, 15) is 21.6 Å². The molecule has 1 N–H and O–H groups in total. The summed E-state index contributed by atoms with van der Waals surface area (Å²) >= 11 is 0. The molecule has 0 radical (unpaired) electrons. The number of nitrogens with one attached hydrogen (secondary N) is 1. The van der Waals surface area contributed by atoms with E-state index in [0.29, 0.717) is 11.3 Å². The van der Waals surface area contributed by atoms with Crippen molar-refractivity contribution in [1.29, 1.82) is 0 Å². The van der Waals surface area contributed by atoms with E-state index in [1.165, 1.54) is 12.3 Å². The number of hydrogen-bond donors (Lipinski definition) is 1. The zero-order chi connectivity index (χ0) is 19.5. The summed E-state index contributed by atoms with van der Waals surface area (Å²) in [6.45, 7) is -0.186. The van der Waals surface area contributed by atoms with Gasteiger partial charge in [0.25, 0.3) is 0 Å². The van der Waals surface area contributed by atoms with Gasteiger partial charge >= 0.3 is 6.18 Å². The Kier molecular flexibility index (Phi) is 5.24. The van der Waals surface area contributed by atoms with E-state index >= 15 is 0 Å². The van der Waals surface area contributed by atoms with Crippen molar-refractivity contribution in [3.05, 3.63) is 78.2 Å². The number of aromatic nitrogens is 2. The molecule has 0 saturated carbocycles. The number of rotatable bonds is 5. The van der Waals surface area contributed by atoms with Gasteiger partial charge in [-0.2, -0.15) is 13.2 Å². The molecule has 5 nitrogen and oxygen atoms in total. The van der Waals surface area contributed by atoms with Crippen molar-refractivity contribution in [2.45, 2.75) is 17.6 Å². The molecule has 3 aromatic rings. The van der Waals surface area contributed by atoms with Crippen LogP contribution in [0.1, 0.15) is 11.1 Å². The van der Waals surface area contributed by atoms with Crippen LogP contribution in [0.4, 0.5) is 13.2 Å². The largest absolute Gasteiger partial charge is 0.417 e.